The summed E-state index contributed by atoms with van der Waals surface area (Å²) in [7, 11) is 0. The number of aromatic nitrogens is 3. The van der Waals surface area contributed by atoms with Crippen molar-refractivity contribution in [3.05, 3.63) is 127 Å². The molecule has 0 atom stereocenters. The van der Waals surface area contributed by atoms with Crippen LogP contribution in [0.2, 0.25) is 0 Å². The number of fused-ring (bicyclic) bond motifs is 4. The van der Waals surface area contributed by atoms with Crippen LogP contribution in [0.25, 0.3) is 50.5 Å². The minimum atomic E-state index is -0.00147. The average Bonchev–Trinajstić information content (AvgIpc) is 3.43. The van der Waals surface area contributed by atoms with E-state index < -0.39 is 0 Å². The Hall–Kier alpha value is -4.50. The maximum absolute atomic E-state index is 5.04. The first kappa shape index (κ1) is 20.8. The molecule has 3 aromatic heterocycles. The number of hydrogen-bond acceptors (Lipinski definition) is 2. The van der Waals surface area contributed by atoms with Crippen LogP contribution in [0.4, 0.5) is 0 Å². The molecule has 3 aromatic carbocycles. The highest BCUT2D eigenvalue weighted by Crippen LogP contribution is 2.51. The van der Waals surface area contributed by atoms with Crippen molar-refractivity contribution in [2.45, 2.75) is 19.3 Å². The monoisotopic (exact) mass is 463 g/mol. The Kier molecular flexibility index (Phi) is 4.49. The fourth-order valence-electron chi connectivity index (χ4n) is 5.73. The number of rotatable bonds is 3. The van der Waals surface area contributed by atoms with Crippen molar-refractivity contribution in [1.29, 1.82) is 0 Å². The fourth-order valence-corrected chi connectivity index (χ4v) is 5.73. The first-order valence-electron chi connectivity index (χ1n) is 12.4. The molecule has 0 radical (unpaired) electrons. The maximum Gasteiger partial charge on any atom is 0.145 e. The topological polar surface area (TPSA) is 30.2 Å². The van der Waals surface area contributed by atoms with Crippen molar-refractivity contribution >= 4 is 5.52 Å². The van der Waals surface area contributed by atoms with Gasteiger partial charge in [-0.3, -0.25) is 9.38 Å². The van der Waals surface area contributed by atoms with E-state index in [1.807, 2.05) is 36.5 Å². The summed E-state index contributed by atoms with van der Waals surface area (Å²) in [6, 6.07) is 36.5. The second-order valence-corrected chi connectivity index (χ2v) is 9.93. The highest BCUT2D eigenvalue weighted by molar-refractivity contribution is 5.92. The summed E-state index contributed by atoms with van der Waals surface area (Å²) in [6.45, 7) is 4.65. The molecule has 0 amide bonds. The minimum Gasteiger partial charge on any atom is -0.299 e. The van der Waals surface area contributed by atoms with Gasteiger partial charge >= 0.3 is 0 Å². The van der Waals surface area contributed by atoms with Gasteiger partial charge in [0.1, 0.15) is 11.5 Å². The Bertz CT molecular complexity index is 1740. The molecule has 0 spiro atoms. The van der Waals surface area contributed by atoms with Crippen LogP contribution in [0.3, 0.4) is 0 Å². The van der Waals surface area contributed by atoms with E-state index in [9.17, 15) is 0 Å². The molecule has 1 aliphatic rings. The van der Waals surface area contributed by atoms with Gasteiger partial charge in [0.05, 0.1) is 11.2 Å². The van der Waals surface area contributed by atoms with Gasteiger partial charge in [-0.2, -0.15) is 0 Å². The van der Waals surface area contributed by atoms with Crippen LogP contribution in [0.15, 0.2) is 116 Å². The standard InChI is InChI=1S/C33H25N3/c1-33(2)26-12-4-3-10-25(26)30-24(11-9-13-27(30)33)22-16-18-23(19-17-22)32-35-31(28-14-5-7-20-34-28)29-15-6-8-21-36(29)32/h3-21H,1-2H3. The normalized spacial score (nSPS) is 13.5. The van der Waals surface area contributed by atoms with E-state index in [1.165, 1.54) is 33.4 Å². The molecule has 0 bridgehead atoms. The van der Waals surface area contributed by atoms with Crippen molar-refractivity contribution < 1.29 is 0 Å². The Morgan fingerprint density at radius 1 is 0.639 bits per heavy atom. The Morgan fingerprint density at radius 2 is 1.36 bits per heavy atom. The molecule has 36 heavy (non-hydrogen) atoms. The van der Waals surface area contributed by atoms with E-state index in [0.29, 0.717) is 0 Å². The van der Waals surface area contributed by atoms with E-state index in [2.05, 4.69) is 102 Å². The van der Waals surface area contributed by atoms with E-state index in [4.69, 9.17) is 4.98 Å². The molecule has 7 rings (SSSR count). The van der Waals surface area contributed by atoms with E-state index in [0.717, 1.165) is 28.3 Å². The average molecular weight is 464 g/mol. The summed E-state index contributed by atoms with van der Waals surface area (Å²) < 4.78 is 2.15. The van der Waals surface area contributed by atoms with Gasteiger partial charge in [-0.05, 0) is 57.6 Å². The van der Waals surface area contributed by atoms with Gasteiger partial charge in [-0.25, -0.2) is 4.98 Å². The summed E-state index contributed by atoms with van der Waals surface area (Å²) in [4.78, 5) is 9.59. The highest BCUT2D eigenvalue weighted by Gasteiger charge is 2.36. The molecule has 3 heteroatoms. The van der Waals surface area contributed by atoms with Crippen molar-refractivity contribution in [1.82, 2.24) is 14.4 Å². The van der Waals surface area contributed by atoms with Crippen molar-refractivity contribution in [3.8, 4) is 45.0 Å². The van der Waals surface area contributed by atoms with Gasteiger partial charge in [0, 0.05) is 23.4 Å². The maximum atomic E-state index is 5.04. The lowest BCUT2D eigenvalue weighted by molar-refractivity contribution is 0.660. The minimum absolute atomic E-state index is 0.00147. The lowest BCUT2D eigenvalue weighted by Gasteiger charge is -2.21. The van der Waals surface area contributed by atoms with Gasteiger partial charge in [-0.1, -0.05) is 92.7 Å². The van der Waals surface area contributed by atoms with Gasteiger partial charge in [-0.15, -0.1) is 0 Å². The van der Waals surface area contributed by atoms with Crippen molar-refractivity contribution in [2.75, 3.05) is 0 Å². The second-order valence-electron chi connectivity index (χ2n) is 9.93. The summed E-state index contributed by atoms with van der Waals surface area (Å²) in [5, 5.41) is 0. The van der Waals surface area contributed by atoms with Gasteiger partial charge in [0.25, 0.3) is 0 Å². The molecule has 172 valence electrons. The van der Waals surface area contributed by atoms with Crippen LogP contribution < -0.4 is 0 Å². The van der Waals surface area contributed by atoms with Crippen LogP contribution >= 0.6 is 0 Å². The highest BCUT2D eigenvalue weighted by atomic mass is 15.0. The van der Waals surface area contributed by atoms with E-state index in [-0.39, 0.29) is 5.41 Å². The Balaban J connectivity index is 1.35. The van der Waals surface area contributed by atoms with Crippen molar-refractivity contribution in [3.63, 3.8) is 0 Å². The zero-order valence-corrected chi connectivity index (χ0v) is 20.3. The van der Waals surface area contributed by atoms with Crippen LogP contribution in [-0.2, 0) is 5.41 Å². The Labute approximate surface area is 210 Å². The molecule has 0 fully saturated rings. The van der Waals surface area contributed by atoms with E-state index >= 15 is 0 Å². The van der Waals surface area contributed by atoms with Crippen molar-refractivity contribution in [2.24, 2.45) is 0 Å². The molecule has 3 heterocycles. The lowest BCUT2D eigenvalue weighted by Crippen LogP contribution is -2.14. The summed E-state index contributed by atoms with van der Waals surface area (Å²) in [5.41, 5.74) is 11.9. The summed E-state index contributed by atoms with van der Waals surface area (Å²) in [6.07, 6.45) is 3.89. The fraction of sp³-hybridized carbons (Fsp3) is 0.0909. The van der Waals surface area contributed by atoms with Gasteiger partial charge in [0.15, 0.2) is 0 Å². The molecular formula is C33H25N3. The molecule has 0 N–H and O–H groups in total. The zero-order chi connectivity index (χ0) is 24.3. The van der Waals surface area contributed by atoms with E-state index in [1.54, 1.807) is 0 Å². The number of nitrogens with zero attached hydrogens (tertiary/aromatic N) is 3. The lowest BCUT2D eigenvalue weighted by atomic mass is 9.82. The molecule has 0 saturated heterocycles. The molecule has 0 saturated carbocycles. The Morgan fingerprint density at radius 3 is 2.19 bits per heavy atom. The first-order chi connectivity index (χ1) is 17.6. The third-order valence-electron chi connectivity index (χ3n) is 7.52. The zero-order valence-electron chi connectivity index (χ0n) is 20.3. The first-order valence-corrected chi connectivity index (χ1v) is 12.4. The molecule has 3 nitrogen and oxygen atoms in total. The van der Waals surface area contributed by atoms with Gasteiger partial charge in [0.2, 0.25) is 0 Å². The number of hydrogen-bond donors (Lipinski definition) is 0. The molecule has 0 aliphatic heterocycles. The quantitative estimate of drug-likeness (QED) is 0.266. The van der Waals surface area contributed by atoms with Gasteiger partial charge < -0.3 is 0 Å². The molecule has 0 unspecified atom stereocenters. The van der Waals surface area contributed by atoms with Crippen LogP contribution in [0.1, 0.15) is 25.0 Å². The number of imidazole rings is 1. The molecule has 6 aromatic rings. The third-order valence-corrected chi connectivity index (χ3v) is 7.52. The summed E-state index contributed by atoms with van der Waals surface area (Å²) >= 11 is 0. The largest absolute Gasteiger partial charge is 0.299 e. The summed E-state index contributed by atoms with van der Waals surface area (Å²) in [5.74, 6) is 0.919. The third kappa shape index (κ3) is 2.99. The molecular weight excluding hydrogens is 438 g/mol. The number of pyridine rings is 2. The van der Waals surface area contributed by atoms with Crippen LogP contribution in [0, 0.1) is 0 Å². The molecule has 1 aliphatic carbocycles. The van der Waals surface area contributed by atoms with Crippen LogP contribution in [0.5, 0.6) is 0 Å². The second kappa shape index (κ2) is 7.76. The predicted molar refractivity (Wildman–Crippen MR) is 147 cm³/mol. The van der Waals surface area contributed by atoms with Crippen LogP contribution in [-0.4, -0.2) is 14.4 Å². The number of benzene rings is 3. The SMILES string of the molecule is CC1(C)c2ccccc2-c2c(-c3ccc(-c4nc(-c5ccccn5)c5ccccn45)cc3)cccc21. The smallest absolute Gasteiger partial charge is 0.145 e. The predicted octanol–water partition coefficient (Wildman–Crippen LogP) is 8.04.